The molecule has 0 aliphatic carbocycles. The van der Waals surface area contributed by atoms with Gasteiger partial charge in [-0.25, -0.2) is 0 Å². The van der Waals surface area contributed by atoms with Gasteiger partial charge in [0.05, 0.1) is 10.1 Å². The first kappa shape index (κ1) is 18.3. The molecule has 140 valence electrons. The minimum Gasteiger partial charge on any atom is -0.308 e. The SMILES string of the molecule is CCn1c(S[C@@H](C)C(=O)N2c3ccccc3C[C@@H]2C)nnc1-c1cccs1. The van der Waals surface area contributed by atoms with Crippen LogP contribution in [-0.2, 0) is 17.8 Å². The number of nitrogens with zero attached hydrogens (tertiary/aromatic N) is 4. The van der Waals surface area contributed by atoms with Crippen molar-refractivity contribution in [3.63, 3.8) is 0 Å². The largest absolute Gasteiger partial charge is 0.308 e. The minimum atomic E-state index is -0.232. The molecule has 5 nitrogen and oxygen atoms in total. The Morgan fingerprint density at radius 3 is 2.85 bits per heavy atom. The lowest BCUT2D eigenvalue weighted by Gasteiger charge is -2.25. The molecule has 0 spiro atoms. The van der Waals surface area contributed by atoms with E-state index in [2.05, 4.69) is 34.7 Å². The van der Waals surface area contributed by atoms with Gasteiger partial charge in [-0.1, -0.05) is 36.0 Å². The standard InChI is InChI=1S/C20H22N4OS2/c1-4-23-18(17-10-7-11-26-17)21-22-20(23)27-14(3)19(25)24-13(2)12-15-8-5-6-9-16(15)24/h5-11,13-14H,4,12H2,1-3H3/t13-,14-/m0/s1. The number of thiophene rings is 1. The van der Waals surface area contributed by atoms with Crippen LogP contribution in [0.1, 0.15) is 26.3 Å². The van der Waals surface area contributed by atoms with E-state index >= 15 is 0 Å². The third-order valence-corrected chi connectivity index (χ3v) is 6.78. The summed E-state index contributed by atoms with van der Waals surface area (Å²) in [6.07, 6.45) is 0.910. The number of para-hydroxylation sites is 1. The van der Waals surface area contributed by atoms with E-state index in [4.69, 9.17) is 0 Å². The number of benzene rings is 1. The molecule has 1 aliphatic rings. The number of thioether (sulfide) groups is 1. The second-order valence-electron chi connectivity index (χ2n) is 6.68. The fraction of sp³-hybridized carbons (Fsp3) is 0.350. The average molecular weight is 399 g/mol. The highest BCUT2D eigenvalue weighted by Gasteiger charge is 2.34. The second-order valence-corrected chi connectivity index (χ2v) is 8.93. The highest BCUT2D eigenvalue weighted by atomic mass is 32.2. The van der Waals surface area contributed by atoms with Crippen LogP contribution < -0.4 is 4.90 Å². The fourth-order valence-corrected chi connectivity index (χ4v) is 5.23. The summed E-state index contributed by atoms with van der Waals surface area (Å²) < 4.78 is 2.08. The summed E-state index contributed by atoms with van der Waals surface area (Å²) in [6, 6.07) is 12.4. The molecule has 27 heavy (non-hydrogen) atoms. The first-order valence-electron chi connectivity index (χ1n) is 9.14. The van der Waals surface area contributed by atoms with E-state index in [-0.39, 0.29) is 17.2 Å². The Morgan fingerprint density at radius 2 is 2.11 bits per heavy atom. The first-order valence-corrected chi connectivity index (χ1v) is 10.9. The molecule has 0 saturated heterocycles. The molecule has 3 aromatic rings. The number of rotatable bonds is 5. The van der Waals surface area contributed by atoms with Crippen LogP contribution in [0.2, 0.25) is 0 Å². The number of fused-ring (bicyclic) bond motifs is 1. The normalized spacial score (nSPS) is 17.1. The van der Waals surface area contributed by atoms with Crippen LogP contribution in [0, 0.1) is 0 Å². The van der Waals surface area contributed by atoms with Gasteiger partial charge in [-0.3, -0.25) is 4.79 Å². The average Bonchev–Trinajstić information content (AvgIpc) is 3.38. The molecule has 2 aromatic heterocycles. The molecular formula is C20H22N4OS2. The zero-order chi connectivity index (χ0) is 19.0. The Hall–Kier alpha value is -2.12. The van der Waals surface area contributed by atoms with Crippen LogP contribution in [0.4, 0.5) is 5.69 Å². The third kappa shape index (κ3) is 3.30. The molecule has 1 amide bonds. The van der Waals surface area contributed by atoms with Gasteiger partial charge >= 0.3 is 0 Å². The number of carbonyl (C=O) groups is 1. The molecule has 0 N–H and O–H groups in total. The van der Waals surface area contributed by atoms with Crippen molar-refractivity contribution < 1.29 is 4.79 Å². The fourth-order valence-electron chi connectivity index (χ4n) is 3.55. The van der Waals surface area contributed by atoms with Crippen molar-refractivity contribution in [3.8, 4) is 10.7 Å². The molecule has 1 aromatic carbocycles. The summed E-state index contributed by atoms with van der Waals surface area (Å²) in [5.74, 6) is 0.996. The lowest BCUT2D eigenvalue weighted by atomic mass is 10.1. The number of amides is 1. The van der Waals surface area contributed by atoms with Gasteiger partial charge in [0.25, 0.3) is 0 Å². The van der Waals surface area contributed by atoms with Crippen LogP contribution in [0.15, 0.2) is 46.9 Å². The quantitative estimate of drug-likeness (QED) is 0.595. The maximum atomic E-state index is 13.2. The summed E-state index contributed by atoms with van der Waals surface area (Å²) in [4.78, 5) is 16.2. The van der Waals surface area contributed by atoms with Crippen LogP contribution in [0.5, 0.6) is 0 Å². The van der Waals surface area contributed by atoms with Gasteiger partial charge in [0.15, 0.2) is 11.0 Å². The Bertz CT molecular complexity index is 951. The monoisotopic (exact) mass is 398 g/mol. The highest BCUT2D eigenvalue weighted by molar-refractivity contribution is 8.00. The lowest BCUT2D eigenvalue weighted by molar-refractivity contribution is -0.118. The van der Waals surface area contributed by atoms with Crippen LogP contribution in [-0.4, -0.2) is 32.0 Å². The van der Waals surface area contributed by atoms with E-state index < -0.39 is 0 Å². The lowest BCUT2D eigenvalue weighted by Crippen LogP contribution is -2.40. The van der Waals surface area contributed by atoms with E-state index in [1.54, 1.807) is 11.3 Å². The van der Waals surface area contributed by atoms with Crippen LogP contribution in [0.25, 0.3) is 10.7 Å². The molecule has 0 bridgehead atoms. The van der Waals surface area contributed by atoms with Crippen molar-refractivity contribution in [1.82, 2.24) is 14.8 Å². The van der Waals surface area contributed by atoms with Gasteiger partial charge in [0.2, 0.25) is 5.91 Å². The summed E-state index contributed by atoms with van der Waals surface area (Å²) in [7, 11) is 0. The van der Waals surface area contributed by atoms with Gasteiger partial charge in [0, 0.05) is 18.3 Å². The maximum Gasteiger partial charge on any atom is 0.240 e. The molecule has 0 unspecified atom stereocenters. The summed E-state index contributed by atoms with van der Waals surface area (Å²) >= 11 is 3.14. The molecule has 0 radical (unpaired) electrons. The minimum absolute atomic E-state index is 0.126. The van der Waals surface area contributed by atoms with Gasteiger partial charge in [-0.15, -0.1) is 21.5 Å². The van der Waals surface area contributed by atoms with Crippen molar-refractivity contribution in [2.75, 3.05) is 4.90 Å². The number of anilines is 1. The van der Waals surface area contributed by atoms with E-state index in [1.807, 2.05) is 47.5 Å². The summed E-state index contributed by atoms with van der Waals surface area (Å²) in [5, 5.41) is 11.3. The van der Waals surface area contributed by atoms with Crippen LogP contribution >= 0.6 is 23.1 Å². The Kier molecular flexibility index (Phi) is 5.06. The Morgan fingerprint density at radius 1 is 1.30 bits per heavy atom. The molecule has 0 saturated carbocycles. The zero-order valence-corrected chi connectivity index (χ0v) is 17.3. The zero-order valence-electron chi connectivity index (χ0n) is 15.6. The van der Waals surface area contributed by atoms with E-state index in [1.165, 1.54) is 17.3 Å². The maximum absolute atomic E-state index is 13.2. The van der Waals surface area contributed by atoms with Gasteiger partial charge in [-0.2, -0.15) is 0 Å². The van der Waals surface area contributed by atoms with Crippen LogP contribution in [0.3, 0.4) is 0 Å². The molecule has 1 aliphatic heterocycles. The van der Waals surface area contributed by atoms with E-state index in [9.17, 15) is 4.79 Å². The summed E-state index contributed by atoms with van der Waals surface area (Å²) in [5.41, 5.74) is 2.28. The van der Waals surface area contributed by atoms with Gasteiger partial charge in [-0.05, 0) is 50.3 Å². The number of hydrogen-bond donors (Lipinski definition) is 0. The molecule has 2 atom stereocenters. The Balaban J connectivity index is 1.56. The predicted molar refractivity (Wildman–Crippen MR) is 111 cm³/mol. The van der Waals surface area contributed by atoms with Crippen molar-refractivity contribution in [3.05, 3.63) is 47.3 Å². The number of carbonyl (C=O) groups excluding carboxylic acids is 1. The third-order valence-electron chi connectivity index (χ3n) is 4.85. The molecular weight excluding hydrogens is 376 g/mol. The number of hydrogen-bond acceptors (Lipinski definition) is 5. The van der Waals surface area contributed by atoms with E-state index in [0.717, 1.165) is 34.5 Å². The molecule has 0 fully saturated rings. The molecule has 4 rings (SSSR count). The van der Waals surface area contributed by atoms with Gasteiger partial charge < -0.3 is 9.47 Å². The van der Waals surface area contributed by atoms with E-state index in [0.29, 0.717) is 0 Å². The van der Waals surface area contributed by atoms with Crippen molar-refractivity contribution in [2.24, 2.45) is 0 Å². The number of aromatic nitrogens is 3. The van der Waals surface area contributed by atoms with Crippen molar-refractivity contribution in [1.29, 1.82) is 0 Å². The highest BCUT2D eigenvalue weighted by Crippen LogP contribution is 2.35. The Labute approximate surface area is 167 Å². The van der Waals surface area contributed by atoms with Crippen molar-refractivity contribution in [2.45, 2.75) is 50.2 Å². The second kappa shape index (κ2) is 7.48. The first-order chi connectivity index (χ1) is 13.1. The molecule has 7 heteroatoms. The summed E-state index contributed by atoms with van der Waals surface area (Å²) in [6.45, 7) is 6.92. The predicted octanol–water partition coefficient (Wildman–Crippen LogP) is 4.48. The smallest absolute Gasteiger partial charge is 0.240 e. The van der Waals surface area contributed by atoms with Gasteiger partial charge in [0.1, 0.15) is 0 Å². The van der Waals surface area contributed by atoms with Crippen molar-refractivity contribution >= 4 is 34.7 Å². The topological polar surface area (TPSA) is 51.0 Å². The molecule has 3 heterocycles.